The van der Waals surface area contributed by atoms with Crippen LogP contribution >= 0.6 is 34.8 Å². The molecule has 4 rings (SSSR count). The van der Waals surface area contributed by atoms with Crippen LogP contribution in [0.4, 0.5) is 0 Å². The lowest BCUT2D eigenvalue weighted by atomic mass is 9.59. The van der Waals surface area contributed by atoms with Gasteiger partial charge in [-0.25, -0.2) is 0 Å². The molecule has 30 heavy (non-hydrogen) atoms. The predicted octanol–water partition coefficient (Wildman–Crippen LogP) is 5.40. The minimum absolute atomic E-state index is 0.0593. The second-order valence-corrected chi connectivity index (χ2v) is 9.32. The second kappa shape index (κ2) is 8.51. The molecule has 1 amide bonds. The topological polar surface area (TPSA) is 55.4 Å². The van der Waals surface area contributed by atoms with Crippen LogP contribution in [0, 0.1) is 5.92 Å². The number of fused-ring (bicyclic) bond motifs is 1. The van der Waals surface area contributed by atoms with Crippen LogP contribution in [0.2, 0.25) is 15.1 Å². The highest BCUT2D eigenvalue weighted by Gasteiger charge is 2.61. The van der Waals surface area contributed by atoms with E-state index in [9.17, 15) is 9.59 Å². The van der Waals surface area contributed by atoms with Crippen molar-refractivity contribution in [1.82, 2.24) is 5.32 Å². The third-order valence-corrected chi connectivity index (χ3v) is 7.31. The summed E-state index contributed by atoms with van der Waals surface area (Å²) in [7, 11) is 0. The Morgan fingerprint density at radius 3 is 2.50 bits per heavy atom. The fraction of sp³-hybridized carbons (Fsp3) is 0.391. The van der Waals surface area contributed by atoms with E-state index in [1.54, 1.807) is 6.07 Å². The quantitative estimate of drug-likeness (QED) is 0.601. The molecule has 0 spiro atoms. The Bertz CT molecular complexity index is 965. The number of ether oxygens (including phenoxy) is 1. The summed E-state index contributed by atoms with van der Waals surface area (Å²) < 4.78 is 5.98. The Labute approximate surface area is 190 Å². The van der Waals surface area contributed by atoms with Gasteiger partial charge in [-0.05, 0) is 67.0 Å². The van der Waals surface area contributed by atoms with Gasteiger partial charge in [0.2, 0.25) is 0 Å². The molecular formula is C23H22Cl3NO3. The first kappa shape index (κ1) is 21.6. The molecule has 1 heterocycles. The maximum Gasteiger partial charge on any atom is 0.252 e. The largest absolute Gasteiger partial charge is 0.357 e. The van der Waals surface area contributed by atoms with Crippen molar-refractivity contribution in [2.24, 2.45) is 5.92 Å². The third kappa shape index (κ3) is 3.64. The van der Waals surface area contributed by atoms with Crippen molar-refractivity contribution in [2.45, 2.75) is 43.2 Å². The lowest BCUT2D eigenvalue weighted by Gasteiger charge is -2.47. The summed E-state index contributed by atoms with van der Waals surface area (Å²) >= 11 is 18.9. The Balaban J connectivity index is 1.85. The average molecular weight is 467 g/mol. The molecule has 0 unspecified atom stereocenters. The highest BCUT2D eigenvalue weighted by atomic mass is 35.5. The third-order valence-electron chi connectivity index (χ3n) is 6.49. The minimum Gasteiger partial charge on any atom is -0.357 e. The maximum atomic E-state index is 13.0. The Morgan fingerprint density at radius 1 is 1.13 bits per heavy atom. The van der Waals surface area contributed by atoms with Crippen LogP contribution in [0.5, 0.6) is 0 Å². The molecule has 2 aliphatic rings. The standard InChI is InChI=1S/C23H22Cl3NO3/c1-13-21-20(14-2-4-15(24)5-3-14)18(17-7-6-16(25)12-19(17)26)8-9-23(21,22(29)27-13)30-11-10-28/h2-7,10,12-13,18,20-21H,8-9,11H2,1H3,(H,27,29)/t13-,18+,20+,21+,23+/m1/s1. The van der Waals surface area contributed by atoms with Crippen LogP contribution in [0.25, 0.3) is 0 Å². The van der Waals surface area contributed by atoms with Gasteiger partial charge in [-0.15, -0.1) is 0 Å². The van der Waals surface area contributed by atoms with Crippen molar-refractivity contribution in [3.05, 3.63) is 68.7 Å². The molecule has 5 atom stereocenters. The molecule has 1 aliphatic heterocycles. The SMILES string of the molecule is C[C@H]1NC(=O)[C@]2(OCC=O)CC[C@@H](c3ccc(Cl)cc3Cl)[C@H](c3ccc(Cl)cc3)[C@H]12. The number of amides is 1. The lowest BCUT2D eigenvalue weighted by Crippen LogP contribution is -2.52. The highest BCUT2D eigenvalue weighted by Crippen LogP contribution is 2.56. The Hall–Kier alpha value is -1.59. The smallest absolute Gasteiger partial charge is 0.252 e. The number of hydrogen-bond acceptors (Lipinski definition) is 3. The zero-order chi connectivity index (χ0) is 21.5. The molecule has 0 radical (unpaired) electrons. The molecule has 1 aliphatic carbocycles. The second-order valence-electron chi connectivity index (χ2n) is 8.04. The molecule has 1 saturated carbocycles. The van der Waals surface area contributed by atoms with Crippen LogP contribution in [0.15, 0.2) is 42.5 Å². The van der Waals surface area contributed by atoms with Gasteiger partial charge in [0, 0.05) is 27.0 Å². The molecule has 1 N–H and O–H groups in total. The van der Waals surface area contributed by atoms with Crippen molar-refractivity contribution in [3.63, 3.8) is 0 Å². The van der Waals surface area contributed by atoms with Crippen LogP contribution < -0.4 is 5.32 Å². The van der Waals surface area contributed by atoms with E-state index in [4.69, 9.17) is 39.5 Å². The predicted molar refractivity (Wildman–Crippen MR) is 118 cm³/mol. The number of nitrogens with one attached hydrogen (secondary N) is 1. The zero-order valence-corrected chi connectivity index (χ0v) is 18.7. The van der Waals surface area contributed by atoms with E-state index in [1.165, 1.54) is 0 Å². The van der Waals surface area contributed by atoms with E-state index in [2.05, 4.69) is 5.32 Å². The van der Waals surface area contributed by atoms with E-state index in [0.29, 0.717) is 34.2 Å². The average Bonchev–Trinajstić information content (AvgIpc) is 2.97. The first-order valence-corrected chi connectivity index (χ1v) is 11.1. The molecule has 7 heteroatoms. The summed E-state index contributed by atoms with van der Waals surface area (Å²) in [5, 5.41) is 4.89. The molecule has 1 saturated heterocycles. The van der Waals surface area contributed by atoms with Gasteiger partial charge >= 0.3 is 0 Å². The molecule has 4 nitrogen and oxygen atoms in total. The summed E-state index contributed by atoms with van der Waals surface area (Å²) in [5.41, 5.74) is 1.01. The van der Waals surface area contributed by atoms with E-state index in [1.807, 2.05) is 43.3 Å². The maximum absolute atomic E-state index is 13.0. The van der Waals surface area contributed by atoms with E-state index >= 15 is 0 Å². The summed E-state index contributed by atoms with van der Waals surface area (Å²) in [5.74, 6) is -0.322. The van der Waals surface area contributed by atoms with Gasteiger partial charge in [0.05, 0.1) is 0 Å². The normalized spacial score (nSPS) is 30.6. The van der Waals surface area contributed by atoms with Crippen molar-refractivity contribution < 1.29 is 14.3 Å². The van der Waals surface area contributed by atoms with Gasteiger partial charge in [0.1, 0.15) is 12.9 Å². The number of aldehydes is 1. The van der Waals surface area contributed by atoms with Crippen molar-refractivity contribution in [1.29, 1.82) is 0 Å². The summed E-state index contributed by atoms with van der Waals surface area (Å²) in [6, 6.07) is 13.1. The van der Waals surface area contributed by atoms with Crippen molar-refractivity contribution >= 4 is 47.0 Å². The molecule has 0 aromatic heterocycles. The molecular weight excluding hydrogens is 445 g/mol. The van der Waals surface area contributed by atoms with Crippen LogP contribution in [-0.4, -0.2) is 30.4 Å². The van der Waals surface area contributed by atoms with Crippen molar-refractivity contribution in [3.8, 4) is 0 Å². The molecule has 158 valence electrons. The number of benzene rings is 2. The van der Waals surface area contributed by atoms with Gasteiger partial charge in [0.25, 0.3) is 5.91 Å². The molecule has 2 aromatic carbocycles. The first-order valence-electron chi connectivity index (χ1n) is 9.96. The van der Waals surface area contributed by atoms with Crippen molar-refractivity contribution in [2.75, 3.05) is 6.61 Å². The van der Waals surface area contributed by atoms with E-state index < -0.39 is 5.60 Å². The highest BCUT2D eigenvalue weighted by molar-refractivity contribution is 6.35. The van der Waals surface area contributed by atoms with E-state index in [-0.39, 0.29) is 36.3 Å². The summed E-state index contributed by atoms with van der Waals surface area (Å²) in [6.07, 6.45) is 1.89. The molecule has 2 fully saturated rings. The number of carbonyl (C=O) groups is 2. The zero-order valence-electron chi connectivity index (χ0n) is 16.4. The van der Waals surface area contributed by atoms with Gasteiger partial charge in [-0.3, -0.25) is 4.79 Å². The van der Waals surface area contributed by atoms with Crippen LogP contribution in [-0.2, 0) is 14.3 Å². The number of carbonyl (C=O) groups excluding carboxylic acids is 2. The minimum atomic E-state index is -1.04. The lowest BCUT2D eigenvalue weighted by molar-refractivity contribution is -0.155. The van der Waals surface area contributed by atoms with Gasteiger partial charge in [0.15, 0.2) is 5.60 Å². The van der Waals surface area contributed by atoms with E-state index in [0.717, 1.165) is 11.1 Å². The Morgan fingerprint density at radius 2 is 1.83 bits per heavy atom. The molecule has 0 bridgehead atoms. The number of hydrogen-bond donors (Lipinski definition) is 1. The van der Waals surface area contributed by atoms with Crippen LogP contribution in [0.1, 0.15) is 42.7 Å². The Kier molecular flexibility index (Phi) is 6.13. The number of halogens is 3. The summed E-state index contributed by atoms with van der Waals surface area (Å²) in [4.78, 5) is 24.1. The van der Waals surface area contributed by atoms with Gasteiger partial charge in [-0.2, -0.15) is 0 Å². The van der Waals surface area contributed by atoms with Crippen LogP contribution in [0.3, 0.4) is 0 Å². The fourth-order valence-electron chi connectivity index (χ4n) is 5.35. The fourth-order valence-corrected chi connectivity index (χ4v) is 6.02. The monoisotopic (exact) mass is 465 g/mol. The number of rotatable bonds is 5. The summed E-state index contributed by atoms with van der Waals surface area (Å²) in [6.45, 7) is 1.87. The first-order chi connectivity index (χ1) is 14.4. The van der Waals surface area contributed by atoms with Gasteiger partial charge < -0.3 is 14.8 Å². The molecule has 2 aromatic rings. The van der Waals surface area contributed by atoms with Gasteiger partial charge in [-0.1, -0.05) is 53.0 Å².